The van der Waals surface area contributed by atoms with E-state index >= 15 is 0 Å². The maximum Gasteiger partial charge on any atom is 0.356 e. The van der Waals surface area contributed by atoms with Crippen LogP contribution in [0.5, 0.6) is 0 Å². The highest BCUT2D eigenvalue weighted by molar-refractivity contribution is 8.07. The number of carbonyl (C=O) groups excluding carboxylic acids is 3. The smallest absolute Gasteiger partial charge is 0.356 e. The topological polar surface area (TPSA) is 101 Å². The zero-order valence-corrected chi connectivity index (χ0v) is 32.0. The van der Waals surface area contributed by atoms with Gasteiger partial charge in [-0.05, 0) is 35.7 Å². The van der Waals surface area contributed by atoms with Crippen LogP contribution in [0.4, 0.5) is 0 Å². The predicted octanol–water partition coefficient (Wildman–Crippen LogP) is 8.79. The second-order valence-corrected chi connectivity index (χ2v) is 15.6. The van der Waals surface area contributed by atoms with Crippen molar-refractivity contribution in [2.75, 3.05) is 5.75 Å². The second-order valence-electron chi connectivity index (χ2n) is 12.3. The molecule has 2 aromatic heterocycles. The molecule has 4 heterocycles. The van der Waals surface area contributed by atoms with Gasteiger partial charge in [0.2, 0.25) is 5.91 Å². The maximum atomic E-state index is 14.3. The molecule has 2 atom stereocenters. The van der Waals surface area contributed by atoms with Crippen molar-refractivity contribution in [3.05, 3.63) is 185 Å². The molecule has 0 saturated carbocycles. The average molecular weight is 771 g/mol. The molecule has 0 bridgehead atoms. The highest BCUT2D eigenvalue weighted by atomic mass is 32.2. The van der Waals surface area contributed by atoms with Gasteiger partial charge in [-0.1, -0.05) is 140 Å². The van der Waals surface area contributed by atoms with Crippen LogP contribution in [0.1, 0.15) is 29.7 Å². The Kier molecular flexibility index (Phi) is 13.1. The van der Waals surface area contributed by atoms with Gasteiger partial charge < -0.3 is 10.1 Å². The van der Waals surface area contributed by atoms with Gasteiger partial charge in [0.1, 0.15) is 17.1 Å². The number of nitrogens with one attached hydrogen (secondary N) is 1. The van der Waals surface area contributed by atoms with Crippen molar-refractivity contribution >= 4 is 52.6 Å². The van der Waals surface area contributed by atoms with Crippen LogP contribution in [0, 0.1) is 0 Å². The number of aromatic nitrogens is 2. The standard InChI is InChI=1S/C36H28N4O4S3.C7H10/c41-29(20-23-10-4-1-5-11-23)39-30-33(42)40-31(35(43)44-32(25-12-6-2-7-13-25)26-14-8-3-9-15-26)28(22-45-34(30)40)47-36-38-27(21-46-36)24-16-18-37-19-17-24;1-4-5-6-7(2)3/h1-19,21,30,32,34H,20,22H2,(H,39,41);4-6H,1-2H2,3H3/b;6-5-. The molecule has 272 valence electrons. The third kappa shape index (κ3) is 9.54. The third-order valence-electron chi connectivity index (χ3n) is 8.27. The van der Waals surface area contributed by atoms with Gasteiger partial charge in [0.25, 0.3) is 5.91 Å². The molecule has 5 aromatic rings. The van der Waals surface area contributed by atoms with Crippen molar-refractivity contribution in [3.63, 3.8) is 0 Å². The first-order valence-corrected chi connectivity index (χ1v) is 19.9. The summed E-state index contributed by atoms with van der Waals surface area (Å²) in [5.41, 5.74) is 5.47. The van der Waals surface area contributed by atoms with Crippen molar-refractivity contribution in [2.45, 2.75) is 35.2 Å². The molecule has 7 rings (SSSR count). The number of rotatable bonds is 12. The summed E-state index contributed by atoms with van der Waals surface area (Å²) in [6.07, 6.45) is 8.41. The SMILES string of the molecule is C=C/C=C\C(=C)C.O=C(Cc1ccccc1)NC1C(=O)N2C(C(=O)OC(c3ccccc3)c3ccccc3)=C(Sc3nc(-c4ccncc4)cs3)CSC12. The fraction of sp³-hybridized carbons (Fsp3) is 0.140. The molecule has 8 nitrogen and oxygen atoms in total. The van der Waals surface area contributed by atoms with Crippen LogP contribution in [0.25, 0.3) is 11.3 Å². The molecule has 1 saturated heterocycles. The number of thioether (sulfide) groups is 2. The van der Waals surface area contributed by atoms with Crippen LogP contribution >= 0.6 is 34.9 Å². The summed E-state index contributed by atoms with van der Waals surface area (Å²) in [6, 6.07) is 31.5. The van der Waals surface area contributed by atoms with E-state index in [9.17, 15) is 14.4 Å². The van der Waals surface area contributed by atoms with E-state index in [1.165, 1.54) is 39.8 Å². The number of β-lactam (4-membered cyclic amide) rings is 1. The number of amides is 2. The number of esters is 1. The Bertz CT molecular complexity index is 2120. The first kappa shape index (κ1) is 38.2. The number of benzene rings is 3. The molecule has 1 N–H and O–H groups in total. The number of hydrogen-bond donors (Lipinski definition) is 1. The minimum atomic E-state index is -0.747. The van der Waals surface area contributed by atoms with E-state index in [1.807, 2.05) is 128 Å². The van der Waals surface area contributed by atoms with Gasteiger partial charge >= 0.3 is 5.97 Å². The highest BCUT2D eigenvalue weighted by Gasteiger charge is 2.55. The van der Waals surface area contributed by atoms with Gasteiger partial charge in [0, 0.05) is 34.0 Å². The summed E-state index contributed by atoms with van der Waals surface area (Å²) < 4.78 is 7.01. The molecule has 2 aliphatic heterocycles. The number of nitrogens with zero attached hydrogens (tertiary/aromatic N) is 3. The summed E-state index contributed by atoms with van der Waals surface area (Å²) >= 11 is 4.34. The van der Waals surface area contributed by atoms with E-state index in [1.54, 1.807) is 18.5 Å². The number of ether oxygens (including phenoxy) is 1. The van der Waals surface area contributed by atoms with Crippen molar-refractivity contribution < 1.29 is 19.1 Å². The molecule has 2 aliphatic rings. The number of fused-ring (bicyclic) bond motifs is 1. The van der Waals surface area contributed by atoms with Crippen LogP contribution in [-0.4, -0.2) is 49.8 Å². The Morgan fingerprint density at radius 1 is 0.981 bits per heavy atom. The lowest BCUT2D eigenvalue weighted by atomic mass is 10.0. The van der Waals surface area contributed by atoms with E-state index in [4.69, 9.17) is 9.72 Å². The second kappa shape index (κ2) is 18.5. The number of hydrogen-bond acceptors (Lipinski definition) is 9. The molecule has 2 amide bonds. The van der Waals surface area contributed by atoms with Crippen molar-refractivity contribution in [3.8, 4) is 11.3 Å². The van der Waals surface area contributed by atoms with E-state index < -0.39 is 23.5 Å². The fourth-order valence-corrected chi connectivity index (χ4v) is 9.17. The molecular weight excluding hydrogens is 733 g/mol. The summed E-state index contributed by atoms with van der Waals surface area (Å²) in [5.74, 6) is -0.757. The maximum absolute atomic E-state index is 14.3. The largest absolute Gasteiger partial charge is 0.448 e. The Balaban J connectivity index is 0.000000649. The molecule has 1 fully saturated rings. The zero-order valence-electron chi connectivity index (χ0n) is 29.5. The van der Waals surface area contributed by atoms with Crippen LogP contribution < -0.4 is 5.32 Å². The van der Waals surface area contributed by atoms with Gasteiger partial charge in [-0.3, -0.25) is 19.5 Å². The molecule has 54 heavy (non-hydrogen) atoms. The first-order chi connectivity index (χ1) is 26.3. The first-order valence-electron chi connectivity index (χ1n) is 17.1. The van der Waals surface area contributed by atoms with E-state index in [-0.39, 0.29) is 23.9 Å². The Morgan fingerprint density at radius 2 is 1.61 bits per heavy atom. The predicted molar refractivity (Wildman–Crippen MR) is 218 cm³/mol. The molecule has 0 spiro atoms. The molecule has 2 unspecified atom stereocenters. The van der Waals surface area contributed by atoms with Crippen LogP contribution in [-0.2, 0) is 25.5 Å². The van der Waals surface area contributed by atoms with Crippen LogP contribution in [0.2, 0.25) is 0 Å². The Hall–Kier alpha value is -5.49. The number of allylic oxidation sites excluding steroid dienone is 4. The van der Waals surface area contributed by atoms with Gasteiger partial charge in [-0.2, -0.15) is 0 Å². The molecule has 0 aliphatic carbocycles. The Labute approximate surface area is 327 Å². The molecule has 0 radical (unpaired) electrons. The quantitative estimate of drug-likeness (QED) is 0.0764. The third-order valence-corrected chi connectivity index (χ3v) is 11.8. The molecule has 11 heteroatoms. The van der Waals surface area contributed by atoms with Crippen molar-refractivity contribution in [2.24, 2.45) is 0 Å². The van der Waals surface area contributed by atoms with Gasteiger partial charge in [0.15, 0.2) is 10.4 Å². The lowest BCUT2D eigenvalue weighted by Gasteiger charge is -2.49. The lowest BCUT2D eigenvalue weighted by molar-refractivity contribution is -0.154. The van der Waals surface area contributed by atoms with Crippen molar-refractivity contribution in [1.82, 2.24) is 20.2 Å². The normalized spacial score (nSPS) is 16.2. The van der Waals surface area contributed by atoms with Crippen LogP contribution in [0.15, 0.2) is 173 Å². The van der Waals surface area contributed by atoms with Gasteiger partial charge in [-0.15, -0.1) is 23.1 Å². The van der Waals surface area contributed by atoms with Gasteiger partial charge in [-0.25, -0.2) is 9.78 Å². The number of carbonyl (C=O) groups is 3. The number of pyridine rings is 1. The molecule has 3 aromatic carbocycles. The van der Waals surface area contributed by atoms with Crippen LogP contribution in [0.3, 0.4) is 0 Å². The van der Waals surface area contributed by atoms with Crippen molar-refractivity contribution in [1.29, 1.82) is 0 Å². The van der Waals surface area contributed by atoms with E-state index in [2.05, 4.69) is 23.5 Å². The van der Waals surface area contributed by atoms with E-state index in [0.717, 1.165) is 37.9 Å². The highest BCUT2D eigenvalue weighted by Crippen LogP contribution is 2.47. The minimum Gasteiger partial charge on any atom is -0.448 e. The van der Waals surface area contributed by atoms with E-state index in [0.29, 0.717) is 10.7 Å². The van der Waals surface area contributed by atoms with Gasteiger partial charge in [0.05, 0.1) is 12.1 Å². The summed E-state index contributed by atoms with van der Waals surface area (Å²) in [4.78, 5) is 52.0. The minimum absolute atomic E-state index is 0.160. The summed E-state index contributed by atoms with van der Waals surface area (Å²) in [5, 5.41) is 4.43. The zero-order chi connectivity index (χ0) is 37.9. The summed E-state index contributed by atoms with van der Waals surface area (Å²) in [6.45, 7) is 9.11. The monoisotopic (exact) mass is 770 g/mol. The fourth-order valence-electron chi connectivity index (χ4n) is 5.71. The lowest BCUT2D eigenvalue weighted by Crippen LogP contribution is -2.70. The Morgan fingerprint density at radius 3 is 2.20 bits per heavy atom. The number of thiazole rings is 1. The molecular formula is C43H38N4O4S3. The average Bonchev–Trinajstić information content (AvgIpc) is 3.68. The summed E-state index contributed by atoms with van der Waals surface area (Å²) in [7, 11) is 0.